The number of para-hydroxylation sites is 3. The molecular formula is C33H37N5O2S. The van der Waals surface area contributed by atoms with Crippen LogP contribution in [0, 0.1) is 20.8 Å². The number of aryl methyl sites for hydroxylation is 3. The molecule has 7 nitrogen and oxygen atoms in total. The largest absolute Gasteiger partial charge is 0.495 e. The number of hydrogen-bond donors (Lipinski definition) is 2. The first kappa shape index (κ1) is 28.4. The summed E-state index contributed by atoms with van der Waals surface area (Å²) in [5, 5.41) is 7.13. The van der Waals surface area contributed by atoms with Crippen LogP contribution in [0.3, 0.4) is 0 Å². The molecule has 1 aliphatic rings. The van der Waals surface area contributed by atoms with E-state index < -0.39 is 0 Å². The smallest absolute Gasteiger partial charge is 0.226 e. The molecule has 5 rings (SSSR count). The molecule has 4 aromatic rings. The van der Waals surface area contributed by atoms with Crippen molar-refractivity contribution < 1.29 is 9.53 Å². The quantitative estimate of drug-likeness (QED) is 0.229. The lowest BCUT2D eigenvalue weighted by Gasteiger charge is -2.28. The summed E-state index contributed by atoms with van der Waals surface area (Å²) in [6.07, 6.45) is 3.02. The molecule has 1 fully saturated rings. The number of carbonyl (C=O) groups excluding carboxylic acids is 1. The highest BCUT2D eigenvalue weighted by Gasteiger charge is 2.41. The number of thiocarbonyl (C=S) groups is 1. The van der Waals surface area contributed by atoms with Gasteiger partial charge in [-0.3, -0.25) is 9.78 Å². The fourth-order valence-electron chi connectivity index (χ4n) is 5.92. The molecule has 0 radical (unpaired) electrons. The van der Waals surface area contributed by atoms with Crippen LogP contribution in [0.2, 0.25) is 0 Å². The molecule has 0 saturated carbocycles. The van der Waals surface area contributed by atoms with E-state index in [2.05, 4.69) is 77.0 Å². The molecule has 0 unspecified atom stereocenters. The zero-order valence-corrected chi connectivity index (χ0v) is 25.1. The van der Waals surface area contributed by atoms with Gasteiger partial charge in [-0.2, -0.15) is 0 Å². The highest BCUT2D eigenvalue weighted by Crippen LogP contribution is 2.42. The van der Waals surface area contributed by atoms with E-state index in [0.717, 1.165) is 23.5 Å². The van der Waals surface area contributed by atoms with E-state index in [1.54, 1.807) is 7.11 Å². The predicted molar refractivity (Wildman–Crippen MR) is 168 cm³/mol. The second-order valence-electron chi connectivity index (χ2n) is 10.4. The van der Waals surface area contributed by atoms with Crippen LogP contribution in [0.1, 0.15) is 59.2 Å². The van der Waals surface area contributed by atoms with Crippen LogP contribution in [0.25, 0.3) is 5.69 Å². The first-order valence-electron chi connectivity index (χ1n) is 14.0. The summed E-state index contributed by atoms with van der Waals surface area (Å²) < 4.78 is 7.77. The number of methoxy groups -OCH3 is 1. The minimum atomic E-state index is -0.155. The van der Waals surface area contributed by atoms with E-state index in [9.17, 15) is 4.79 Å². The van der Waals surface area contributed by atoms with Gasteiger partial charge in [0, 0.05) is 30.6 Å². The van der Waals surface area contributed by atoms with Crippen LogP contribution < -0.4 is 15.4 Å². The van der Waals surface area contributed by atoms with E-state index in [1.807, 2.05) is 48.7 Å². The van der Waals surface area contributed by atoms with Crippen molar-refractivity contribution in [3.8, 4) is 11.4 Å². The lowest BCUT2D eigenvalue weighted by molar-refractivity contribution is -0.116. The van der Waals surface area contributed by atoms with Crippen LogP contribution in [0.4, 0.5) is 5.69 Å². The number of aromatic nitrogens is 2. The van der Waals surface area contributed by atoms with Gasteiger partial charge in [0.15, 0.2) is 5.11 Å². The molecule has 0 bridgehead atoms. The van der Waals surface area contributed by atoms with Crippen LogP contribution in [0.15, 0.2) is 72.9 Å². The van der Waals surface area contributed by atoms with E-state index in [4.69, 9.17) is 17.0 Å². The van der Waals surface area contributed by atoms with Crippen molar-refractivity contribution in [2.24, 2.45) is 0 Å². The van der Waals surface area contributed by atoms with E-state index >= 15 is 0 Å². The number of pyridine rings is 1. The summed E-state index contributed by atoms with van der Waals surface area (Å²) in [4.78, 5) is 19.9. The Morgan fingerprint density at radius 2 is 1.85 bits per heavy atom. The van der Waals surface area contributed by atoms with Crippen LogP contribution in [-0.4, -0.2) is 39.1 Å². The molecule has 1 saturated heterocycles. The lowest BCUT2D eigenvalue weighted by atomic mass is 9.96. The number of ether oxygens (including phenoxy) is 1. The molecule has 1 amide bonds. The number of nitrogens with zero attached hydrogens (tertiary/aromatic N) is 3. The Bertz CT molecular complexity index is 1570. The molecule has 2 aromatic heterocycles. The minimum Gasteiger partial charge on any atom is -0.495 e. The Hall–Kier alpha value is -4.17. The van der Waals surface area contributed by atoms with Crippen LogP contribution in [0.5, 0.6) is 5.75 Å². The zero-order valence-electron chi connectivity index (χ0n) is 24.3. The second kappa shape index (κ2) is 12.1. The summed E-state index contributed by atoms with van der Waals surface area (Å²) >= 11 is 5.88. The summed E-state index contributed by atoms with van der Waals surface area (Å²) in [7, 11) is 1.60. The Morgan fingerprint density at radius 1 is 1.07 bits per heavy atom. The van der Waals surface area contributed by atoms with Crippen molar-refractivity contribution in [1.82, 2.24) is 19.8 Å². The molecule has 0 aliphatic carbocycles. The molecule has 2 atom stereocenters. The molecule has 1 aliphatic heterocycles. The normalized spacial score (nSPS) is 16.5. The van der Waals surface area contributed by atoms with Crippen LogP contribution >= 0.6 is 12.2 Å². The molecule has 2 aromatic carbocycles. The van der Waals surface area contributed by atoms with E-state index in [-0.39, 0.29) is 24.4 Å². The Labute approximate surface area is 247 Å². The number of benzene rings is 2. The fourth-order valence-corrected chi connectivity index (χ4v) is 6.26. The van der Waals surface area contributed by atoms with E-state index in [1.165, 1.54) is 22.4 Å². The predicted octanol–water partition coefficient (Wildman–Crippen LogP) is 6.37. The maximum Gasteiger partial charge on any atom is 0.226 e. The minimum absolute atomic E-state index is 0.102. The van der Waals surface area contributed by atoms with E-state index in [0.29, 0.717) is 23.1 Å². The van der Waals surface area contributed by atoms with Gasteiger partial charge in [0.2, 0.25) is 5.91 Å². The summed E-state index contributed by atoms with van der Waals surface area (Å²) in [6, 6.07) is 21.8. The number of amides is 1. The monoisotopic (exact) mass is 567 g/mol. The molecule has 41 heavy (non-hydrogen) atoms. The summed E-state index contributed by atoms with van der Waals surface area (Å²) in [5.74, 6) is 0.526. The highest BCUT2D eigenvalue weighted by atomic mass is 32.1. The molecule has 8 heteroatoms. The zero-order chi connectivity index (χ0) is 29.1. The first-order valence-corrected chi connectivity index (χ1v) is 14.4. The summed E-state index contributed by atoms with van der Waals surface area (Å²) in [6.45, 7) is 9.15. The first-order chi connectivity index (χ1) is 19.8. The third kappa shape index (κ3) is 5.57. The molecule has 0 spiro atoms. The number of carbonyl (C=O) groups is 1. The van der Waals surface area contributed by atoms with Crippen molar-refractivity contribution in [3.63, 3.8) is 0 Å². The highest BCUT2D eigenvalue weighted by molar-refractivity contribution is 7.80. The van der Waals surface area contributed by atoms with Crippen molar-refractivity contribution in [2.75, 3.05) is 19.0 Å². The van der Waals surface area contributed by atoms with Gasteiger partial charge >= 0.3 is 0 Å². The third-order valence-electron chi connectivity index (χ3n) is 7.87. The summed E-state index contributed by atoms with van der Waals surface area (Å²) in [5.41, 5.74) is 8.84. The molecular weight excluding hydrogens is 530 g/mol. The standard InChI is InChI=1S/C33H37N5O2S/c1-6-24-13-11-12-21(2)31(24)38-22(3)20-25(23(38)4)32-30(27-15-9-10-18-34-27)36-33(41)37(32)19-17-29(39)35-26-14-7-8-16-28(26)40-5/h7-16,18,20,30,32H,6,17,19H2,1-5H3,(H,35,39)(H,36,41)/t30-,32+/m0/s1. The topological polar surface area (TPSA) is 71.4 Å². The van der Waals surface area contributed by atoms with Gasteiger partial charge in [-0.05, 0) is 86.4 Å². The van der Waals surface area contributed by atoms with Crippen molar-refractivity contribution in [3.05, 3.63) is 107 Å². The van der Waals surface area contributed by atoms with Gasteiger partial charge in [0.05, 0.1) is 36.3 Å². The molecule has 3 heterocycles. The van der Waals surface area contributed by atoms with Crippen molar-refractivity contribution in [1.29, 1.82) is 0 Å². The molecule has 212 valence electrons. The van der Waals surface area contributed by atoms with Crippen molar-refractivity contribution in [2.45, 2.75) is 52.6 Å². The maximum atomic E-state index is 13.1. The number of anilines is 1. The van der Waals surface area contributed by atoms with Gasteiger partial charge in [-0.1, -0.05) is 43.3 Å². The Morgan fingerprint density at radius 3 is 2.59 bits per heavy atom. The Kier molecular flexibility index (Phi) is 8.40. The average molecular weight is 568 g/mol. The van der Waals surface area contributed by atoms with Gasteiger partial charge < -0.3 is 24.8 Å². The van der Waals surface area contributed by atoms with Gasteiger partial charge in [-0.15, -0.1) is 0 Å². The molecule has 2 N–H and O–H groups in total. The third-order valence-corrected chi connectivity index (χ3v) is 8.23. The number of nitrogens with one attached hydrogen (secondary N) is 2. The number of hydrogen-bond acceptors (Lipinski definition) is 4. The van der Waals surface area contributed by atoms with Gasteiger partial charge in [0.25, 0.3) is 0 Å². The van der Waals surface area contributed by atoms with Crippen molar-refractivity contribution >= 4 is 28.9 Å². The average Bonchev–Trinajstić information content (AvgIpc) is 3.46. The lowest BCUT2D eigenvalue weighted by Crippen LogP contribution is -2.33. The number of rotatable bonds is 9. The SMILES string of the molecule is CCc1cccc(C)c1-n1c(C)cc([C@@H]2[C@H](c3ccccn3)NC(=S)N2CCC(=O)Nc2ccccc2OC)c1C. The second-order valence-corrected chi connectivity index (χ2v) is 10.8. The fraction of sp³-hybridized carbons (Fsp3) is 0.303. The maximum absolute atomic E-state index is 13.1. The van der Waals surface area contributed by atoms with Gasteiger partial charge in [0.1, 0.15) is 5.75 Å². The van der Waals surface area contributed by atoms with Crippen LogP contribution in [-0.2, 0) is 11.2 Å². The van der Waals surface area contributed by atoms with Gasteiger partial charge in [-0.25, -0.2) is 0 Å². The Balaban J connectivity index is 1.50.